The van der Waals surface area contributed by atoms with E-state index in [2.05, 4.69) is 13.8 Å². The van der Waals surface area contributed by atoms with Crippen molar-refractivity contribution < 1.29 is 9.53 Å². The van der Waals surface area contributed by atoms with Crippen molar-refractivity contribution in [2.24, 2.45) is 11.8 Å². The van der Waals surface area contributed by atoms with Crippen LogP contribution in [-0.4, -0.2) is 19.5 Å². The van der Waals surface area contributed by atoms with Crippen molar-refractivity contribution >= 4 is 5.78 Å². The van der Waals surface area contributed by atoms with E-state index in [0.29, 0.717) is 18.3 Å². The van der Waals surface area contributed by atoms with Gasteiger partial charge in [-0.05, 0) is 25.2 Å². The van der Waals surface area contributed by atoms with Gasteiger partial charge >= 0.3 is 0 Å². The number of ketones is 1. The highest BCUT2D eigenvalue weighted by molar-refractivity contribution is 5.75. The van der Waals surface area contributed by atoms with Crippen molar-refractivity contribution in [1.29, 1.82) is 0 Å². The molecule has 72 valence electrons. The number of hydrogen-bond acceptors (Lipinski definition) is 2. The maximum atomic E-state index is 10.8. The first-order valence-corrected chi connectivity index (χ1v) is 4.56. The molecule has 0 saturated heterocycles. The lowest BCUT2D eigenvalue weighted by molar-refractivity contribution is -0.118. The summed E-state index contributed by atoms with van der Waals surface area (Å²) in [5, 5.41) is 0. The van der Waals surface area contributed by atoms with Gasteiger partial charge in [-0.15, -0.1) is 0 Å². The number of carbonyl (C=O) groups excluding carboxylic acids is 1. The van der Waals surface area contributed by atoms with Gasteiger partial charge in [0.1, 0.15) is 5.78 Å². The Morgan fingerprint density at radius 3 is 2.33 bits per heavy atom. The zero-order valence-corrected chi connectivity index (χ0v) is 8.59. The van der Waals surface area contributed by atoms with Gasteiger partial charge in [0.2, 0.25) is 0 Å². The van der Waals surface area contributed by atoms with E-state index >= 15 is 0 Å². The van der Waals surface area contributed by atoms with E-state index in [4.69, 9.17) is 4.74 Å². The maximum absolute atomic E-state index is 10.8. The van der Waals surface area contributed by atoms with Crippen LogP contribution in [-0.2, 0) is 9.53 Å². The van der Waals surface area contributed by atoms with Gasteiger partial charge in [-0.3, -0.25) is 0 Å². The second kappa shape index (κ2) is 6.18. The Morgan fingerprint density at radius 1 is 1.33 bits per heavy atom. The third-order valence-electron chi connectivity index (χ3n) is 2.36. The minimum atomic E-state index is 0.284. The lowest BCUT2D eigenvalue weighted by atomic mass is 9.89. The second-order valence-corrected chi connectivity index (χ2v) is 3.64. The molecule has 0 amide bonds. The lowest BCUT2D eigenvalue weighted by Crippen LogP contribution is -2.13. The van der Waals surface area contributed by atoms with Crippen LogP contribution in [0, 0.1) is 11.8 Å². The summed E-state index contributed by atoms with van der Waals surface area (Å²) in [5.41, 5.74) is 0. The molecule has 0 aromatic heterocycles. The van der Waals surface area contributed by atoms with Crippen molar-refractivity contribution in [2.75, 3.05) is 13.7 Å². The SMILES string of the molecule is COCCC(C)C(C)CC(C)=O. The highest BCUT2D eigenvalue weighted by Gasteiger charge is 2.13. The molecule has 0 N–H and O–H groups in total. The minimum Gasteiger partial charge on any atom is -0.385 e. The summed E-state index contributed by atoms with van der Waals surface area (Å²) in [6, 6.07) is 0. The molecular weight excluding hydrogens is 152 g/mol. The standard InChI is InChI=1S/C10H20O2/c1-8(5-6-12-4)9(2)7-10(3)11/h8-9H,5-7H2,1-4H3. The normalized spacial score (nSPS) is 15.7. The predicted molar refractivity (Wildman–Crippen MR) is 50.1 cm³/mol. The quantitative estimate of drug-likeness (QED) is 0.614. The van der Waals surface area contributed by atoms with E-state index in [-0.39, 0.29) is 5.78 Å². The molecule has 2 heteroatoms. The number of rotatable bonds is 6. The topological polar surface area (TPSA) is 26.3 Å². The smallest absolute Gasteiger partial charge is 0.130 e. The summed E-state index contributed by atoms with van der Waals surface area (Å²) in [6.07, 6.45) is 1.75. The summed E-state index contributed by atoms with van der Waals surface area (Å²) >= 11 is 0. The molecular formula is C10H20O2. The highest BCUT2D eigenvalue weighted by Crippen LogP contribution is 2.18. The van der Waals surface area contributed by atoms with Crippen molar-refractivity contribution in [3.8, 4) is 0 Å². The molecule has 0 aromatic carbocycles. The lowest BCUT2D eigenvalue weighted by Gasteiger charge is -2.17. The first kappa shape index (κ1) is 11.6. The monoisotopic (exact) mass is 172 g/mol. The molecule has 0 bridgehead atoms. The minimum absolute atomic E-state index is 0.284. The summed E-state index contributed by atoms with van der Waals surface area (Å²) in [7, 11) is 1.71. The van der Waals surface area contributed by atoms with Gasteiger partial charge < -0.3 is 9.53 Å². The fourth-order valence-electron chi connectivity index (χ4n) is 1.24. The summed E-state index contributed by atoms with van der Waals surface area (Å²) in [6.45, 7) is 6.75. The summed E-state index contributed by atoms with van der Waals surface area (Å²) in [5.74, 6) is 1.35. The Labute approximate surface area is 75.3 Å². The molecule has 0 rings (SSSR count). The zero-order valence-electron chi connectivity index (χ0n) is 8.59. The predicted octanol–water partition coefficient (Wildman–Crippen LogP) is 2.27. The summed E-state index contributed by atoms with van der Waals surface area (Å²) < 4.78 is 4.98. The van der Waals surface area contributed by atoms with Crippen LogP contribution in [0.15, 0.2) is 0 Å². The van der Waals surface area contributed by atoms with E-state index < -0.39 is 0 Å². The van der Waals surface area contributed by atoms with Crippen LogP contribution < -0.4 is 0 Å². The number of Topliss-reactive ketones (excluding diaryl/α,β-unsaturated/α-hetero) is 1. The highest BCUT2D eigenvalue weighted by atomic mass is 16.5. The molecule has 0 aliphatic rings. The van der Waals surface area contributed by atoms with Gasteiger partial charge in [-0.25, -0.2) is 0 Å². The Bertz CT molecular complexity index is 132. The molecule has 0 aliphatic heterocycles. The number of carbonyl (C=O) groups is 1. The molecule has 0 radical (unpaired) electrons. The molecule has 0 aromatic rings. The van der Waals surface area contributed by atoms with Crippen LogP contribution in [0.2, 0.25) is 0 Å². The van der Waals surface area contributed by atoms with Gasteiger partial charge in [0.15, 0.2) is 0 Å². The number of ether oxygens (including phenoxy) is 1. The van der Waals surface area contributed by atoms with Crippen molar-refractivity contribution in [3.05, 3.63) is 0 Å². The van der Waals surface area contributed by atoms with Crippen LogP contribution in [0.3, 0.4) is 0 Å². The van der Waals surface area contributed by atoms with Gasteiger partial charge in [-0.2, -0.15) is 0 Å². The molecule has 0 saturated carbocycles. The van der Waals surface area contributed by atoms with E-state index in [0.717, 1.165) is 13.0 Å². The van der Waals surface area contributed by atoms with Gasteiger partial charge in [0.05, 0.1) is 0 Å². The first-order valence-electron chi connectivity index (χ1n) is 4.56. The third-order valence-corrected chi connectivity index (χ3v) is 2.36. The molecule has 12 heavy (non-hydrogen) atoms. The summed E-state index contributed by atoms with van der Waals surface area (Å²) in [4.78, 5) is 10.8. The van der Waals surface area contributed by atoms with Crippen molar-refractivity contribution in [1.82, 2.24) is 0 Å². The van der Waals surface area contributed by atoms with Crippen LogP contribution in [0.5, 0.6) is 0 Å². The van der Waals surface area contributed by atoms with E-state index in [9.17, 15) is 4.79 Å². The van der Waals surface area contributed by atoms with Gasteiger partial charge in [0.25, 0.3) is 0 Å². The van der Waals surface area contributed by atoms with Crippen molar-refractivity contribution in [3.63, 3.8) is 0 Å². The molecule has 0 spiro atoms. The largest absolute Gasteiger partial charge is 0.385 e. The average Bonchev–Trinajstić information content (AvgIpc) is 1.98. The van der Waals surface area contributed by atoms with Gasteiger partial charge in [-0.1, -0.05) is 13.8 Å². The number of hydrogen-bond donors (Lipinski definition) is 0. The molecule has 0 fully saturated rings. The van der Waals surface area contributed by atoms with E-state index in [1.54, 1.807) is 14.0 Å². The van der Waals surface area contributed by atoms with Gasteiger partial charge in [0, 0.05) is 20.1 Å². The van der Waals surface area contributed by atoms with Crippen molar-refractivity contribution in [2.45, 2.75) is 33.6 Å². The molecule has 2 nitrogen and oxygen atoms in total. The molecule has 2 unspecified atom stereocenters. The fraction of sp³-hybridized carbons (Fsp3) is 0.900. The van der Waals surface area contributed by atoms with Crippen LogP contribution in [0.25, 0.3) is 0 Å². The molecule has 0 aliphatic carbocycles. The Morgan fingerprint density at radius 2 is 1.92 bits per heavy atom. The van der Waals surface area contributed by atoms with Crippen LogP contribution in [0.4, 0.5) is 0 Å². The zero-order chi connectivity index (χ0) is 9.56. The van der Waals surface area contributed by atoms with Crippen LogP contribution in [0.1, 0.15) is 33.6 Å². The maximum Gasteiger partial charge on any atom is 0.130 e. The Hall–Kier alpha value is -0.370. The van der Waals surface area contributed by atoms with E-state index in [1.165, 1.54) is 0 Å². The average molecular weight is 172 g/mol. The number of methoxy groups -OCH3 is 1. The first-order chi connectivity index (χ1) is 5.57. The third kappa shape index (κ3) is 5.30. The van der Waals surface area contributed by atoms with Crippen LogP contribution >= 0.6 is 0 Å². The Kier molecular flexibility index (Phi) is 5.99. The second-order valence-electron chi connectivity index (χ2n) is 3.64. The molecule has 0 heterocycles. The van der Waals surface area contributed by atoms with E-state index in [1.807, 2.05) is 0 Å². The molecule has 2 atom stereocenters. The Balaban J connectivity index is 3.60. The fourth-order valence-corrected chi connectivity index (χ4v) is 1.24.